The number of sulfonamides is 1. The molecule has 0 aromatic heterocycles. The molecule has 0 spiro atoms. The quantitative estimate of drug-likeness (QED) is 0.533. The summed E-state index contributed by atoms with van der Waals surface area (Å²) >= 11 is 0. The van der Waals surface area contributed by atoms with Gasteiger partial charge in [0.15, 0.2) is 11.5 Å². The van der Waals surface area contributed by atoms with Crippen LogP contribution in [0.25, 0.3) is 0 Å². The number of anilines is 1. The van der Waals surface area contributed by atoms with Crippen molar-refractivity contribution >= 4 is 27.5 Å². The molecule has 0 aliphatic carbocycles. The maximum Gasteiger partial charge on any atom is 0.244 e. The number of amides is 2. The molecule has 0 saturated heterocycles. The van der Waals surface area contributed by atoms with Gasteiger partial charge in [0.25, 0.3) is 0 Å². The van der Waals surface area contributed by atoms with E-state index in [9.17, 15) is 18.0 Å². The lowest BCUT2D eigenvalue weighted by atomic mass is 10.1. The number of benzene rings is 2. The fourth-order valence-electron chi connectivity index (χ4n) is 4.06. The predicted molar refractivity (Wildman–Crippen MR) is 143 cm³/mol. The molecule has 1 aliphatic rings. The molecule has 0 fully saturated rings. The lowest BCUT2D eigenvalue weighted by Gasteiger charge is -2.34. The standard InChI is InChI=1S/C27H37N3O6S/c1-7-22(26(32)28-27(3,4)5)29(17-20-10-8-19(2)9-11-20)25(31)18-30(37(6,33)34)21-12-13-23-24(16-21)36-15-14-35-23/h8-13,16,22H,7,14-15,17-18H2,1-6H3,(H,28,32)/t22-/m0/s1. The van der Waals surface area contributed by atoms with Crippen molar-refractivity contribution in [3.63, 3.8) is 0 Å². The molecule has 1 heterocycles. The van der Waals surface area contributed by atoms with Crippen molar-refractivity contribution in [2.45, 2.75) is 59.2 Å². The first-order valence-electron chi connectivity index (χ1n) is 12.3. The zero-order chi connectivity index (χ0) is 27.4. The van der Waals surface area contributed by atoms with Crippen molar-refractivity contribution in [3.05, 3.63) is 53.6 Å². The Bertz CT molecular complexity index is 1220. The molecule has 2 amide bonds. The van der Waals surface area contributed by atoms with Gasteiger partial charge in [-0.2, -0.15) is 0 Å². The van der Waals surface area contributed by atoms with E-state index in [-0.39, 0.29) is 18.1 Å². The number of ether oxygens (including phenoxy) is 2. The summed E-state index contributed by atoms with van der Waals surface area (Å²) in [6.07, 6.45) is 1.41. The number of hydrogen-bond acceptors (Lipinski definition) is 6. The predicted octanol–water partition coefficient (Wildman–Crippen LogP) is 3.25. The SMILES string of the molecule is CC[C@@H](C(=O)NC(C)(C)C)N(Cc1ccc(C)cc1)C(=O)CN(c1ccc2c(c1)OCCO2)S(C)(=O)=O. The molecule has 3 rings (SSSR count). The first-order valence-corrected chi connectivity index (χ1v) is 14.2. The highest BCUT2D eigenvalue weighted by atomic mass is 32.2. The lowest BCUT2D eigenvalue weighted by molar-refractivity contribution is -0.141. The summed E-state index contributed by atoms with van der Waals surface area (Å²) in [5.41, 5.74) is 1.70. The Hall–Kier alpha value is -3.27. The summed E-state index contributed by atoms with van der Waals surface area (Å²) in [5, 5.41) is 2.95. The van der Waals surface area contributed by atoms with Crippen LogP contribution in [0.15, 0.2) is 42.5 Å². The lowest BCUT2D eigenvalue weighted by Crippen LogP contribution is -2.55. The van der Waals surface area contributed by atoms with Gasteiger partial charge in [-0.1, -0.05) is 36.8 Å². The molecule has 2 aromatic rings. The smallest absolute Gasteiger partial charge is 0.244 e. The van der Waals surface area contributed by atoms with Crippen LogP contribution in [-0.2, 0) is 26.2 Å². The molecule has 0 bridgehead atoms. The summed E-state index contributed by atoms with van der Waals surface area (Å²) in [5.74, 6) is 0.149. The van der Waals surface area contributed by atoms with E-state index in [1.165, 1.54) is 4.90 Å². The molecule has 0 saturated carbocycles. The van der Waals surface area contributed by atoms with Gasteiger partial charge in [-0.3, -0.25) is 13.9 Å². The van der Waals surface area contributed by atoms with Gasteiger partial charge in [0.2, 0.25) is 21.8 Å². The zero-order valence-corrected chi connectivity index (χ0v) is 23.2. The average molecular weight is 532 g/mol. The van der Waals surface area contributed by atoms with E-state index < -0.39 is 34.1 Å². The number of hydrogen-bond donors (Lipinski definition) is 1. The minimum atomic E-state index is -3.84. The maximum atomic E-state index is 13.8. The van der Waals surface area contributed by atoms with Gasteiger partial charge in [0.1, 0.15) is 25.8 Å². The first kappa shape index (κ1) is 28.3. The van der Waals surface area contributed by atoms with Gasteiger partial charge in [0, 0.05) is 18.2 Å². The Balaban J connectivity index is 1.96. The molecule has 37 heavy (non-hydrogen) atoms. The molecule has 10 heteroatoms. The topological polar surface area (TPSA) is 105 Å². The minimum absolute atomic E-state index is 0.161. The van der Waals surface area contributed by atoms with Crippen molar-refractivity contribution in [2.24, 2.45) is 0 Å². The molecule has 1 N–H and O–H groups in total. The molecule has 202 valence electrons. The third-order valence-electron chi connectivity index (χ3n) is 5.85. The van der Waals surface area contributed by atoms with Crippen molar-refractivity contribution in [2.75, 3.05) is 30.3 Å². The molecular formula is C27H37N3O6S. The summed E-state index contributed by atoms with van der Waals surface area (Å²) < 4.78 is 37.8. The van der Waals surface area contributed by atoms with E-state index in [0.717, 1.165) is 21.7 Å². The van der Waals surface area contributed by atoms with Crippen molar-refractivity contribution in [3.8, 4) is 11.5 Å². The molecule has 2 aromatic carbocycles. The van der Waals surface area contributed by atoms with E-state index in [4.69, 9.17) is 9.47 Å². The summed E-state index contributed by atoms with van der Waals surface area (Å²) in [6.45, 7) is 9.86. The normalized spacial score (nSPS) is 14.0. The minimum Gasteiger partial charge on any atom is -0.486 e. The third-order valence-corrected chi connectivity index (χ3v) is 6.99. The maximum absolute atomic E-state index is 13.8. The highest BCUT2D eigenvalue weighted by molar-refractivity contribution is 7.92. The molecule has 0 unspecified atom stereocenters. The second-order valence-corrected chi connectivity index (χ2v) is 12.2. The summed E-state index contributed by atoms with van der Waals surface area (Å²) in [7, 11) is -3.84. The van der Waals surface area contributed by atoms with Gasteiger partial charge in [-0.05, 0) is 51.8 Å². The largest absolute Gasteiger partial charge is 0.486 e. The Morgan fingerprint density at radius 1 is 1.03 bits per heavy atom. The number of aryl methyl sites for hydroxylation is 1. The van der Waals surface area contributed by atoms with Crippen LogP contribution in [0.4, 0.5) is 5.69 Å². The molecule has 0 radical (unpaired) electrons. The number of rotatable bonds is 9. The van der Waals surface area contributed by atoms with E-state index >= 15 is 0 Å². The van der Waals surface area contributed by atoms with Crippen LogP contribution >= 0.6 is 0 Å². The van der Waals surface area contributed by atoms with Gasteiger partial charge >= 0.3 is 0 Å². The van der Waals surface area contributed by atoms with E-state index in [0.29, 0.717) is 31.1 Å². The van der Waals surface area contributed by atoms with Crippen molar-refractivity contribution in [1.29, 1.82) is 0 Å². The van der Waals surface area contributed by atoms with Crippen LogP contribution in [0.5, 0.6) is 11.5 Å². The second-order valence-electron chi connectivity index (χ2n) is 10.3. The van der Waals surface area contributed by atoms with E-state index in [1.807, 2.05) is 58.9 Å². The monoisotopic (exact) mass is 531 g/mol. The fourth-order valence-corrected chi connectivity index (χ4v) is 4.90. The third kappa shape index (κ3) is 7.61. The first-order chi connectivity index (χ1) is 17.3. The Morgan fingerprint density at radius 3 is 2.22 bits per heavy atom. The highest BCUT2D eigenvalue weighted by Crippen LogP contribution is 2.34. The van der Waals surface area contributed by atoms with Crippen LogP contribution in [0.1, 0.15) is 45.2 Å². The summed E-state index contributed by atoms with van der Waals surface area (Å²) in [4.78, 5) is 28.5. The van der Waals surface area contributed by atoms with Gasteiger partial charge in [0.05, 0.1) is 11.9 Å². The van der Waals surface area contributed by atoms with Gasteiger partial charge < -0.3 is 19.7 Å². The highest BCUT2D eigenvalue weighted by Gasteiger charge is 2.33. The number of nitrogens with one attached hydrogen (secondary N) is 1. The molecular weight excluding hydrogens is 494 g/mol. The van der Waals surface area contributed by atoms with E-state index in [2.05, 4.69) is 5.32 Å². The van der Waals surface area contributed by atoms with Gasteiger partial charge in [-0.25, -0.2) is 8.42 Å². The number of fused-ring (bicyclic) bond motifs is 1. The van der Waals surface area contributed by atoms with Crippen molar-refractivity contribution < 1.29 is 27.5 Å². The van der Waals surface area contributed by atoms with Crippen LogP contribution in [0.3, 0.4) is 0 Å². The zero-order valence-electron chi connectivity index (χ0n) is 22.4. The van der Waals surface area contributed by atoms with Gasteiger partial charge in [-0.15, -0.1) is 0 Å². The Kier molecular flexibility index (Phi) is 8.73. The fraction of sp³-hybridized carbons (Fsp3) is 0.481. The number of carbonyl (C=O) groups excluding carboxylic acids is 2. The van der Waals surface area contributed by atoms with Crippen LogP contribution in [0.2, 0.25) is 0 Å². The Morgan fingerprint density at radius 2 is 1.65 bits per heavy atom. The molecule has 1 atom stereocenters. The summed E-state index contributed by atoms with van der Waals surface area (Å²) in [6, 6.07) is 11.7. The van der Waals surface area contributed by atoms with E-state index in [1.54, 1.807) is 18.2 Å². The number of nitrogens with zero attached hydrogens (tertiary/aromatic N) is 2. The second kappa shape index (κ2) is 11.4. The van der Waals surface area contributed by atoms with Crippen LogP contribution < -0.4 is 19.1 Å². The molecule has 1 aliphatic heterocycles. The number of carbonyl (C=O) groups is 2. The Labute approximate surface area is 219 Å². The van der Waals surface area contributed by atoms with Crippen molar-refractivity contribution in [1.82, 2.24) is 10.2 Å². The average Bonchev–Trinajstić information content (AvgIpc) is 2.81. The van der Waals surface area contributed by atoms with Crippen LogP contribution in [0, 0.1) is 6.92 Å². The molecule has 9 nitrogen and oxygen atoms in total. The van der Waals surface area contributed by atoms with Crippen LogP contribution in [-0.4, -0.2) is 62.7 Å².